The Labute approximate surface area is 80.7 Å². The first-order valence-corrected chi connectivity index (χ1v) is 4.56. The van der Waals surface area contributed by atoms with Crippen molar-refractivity contribution in [3.8, 4) is 0 Å². The standard InChI is InChI=1S/C12H17N/c1-10(2)11(3)13(4)12-8-6-5-7-9-12/h5-9H,1-4H3. The van der Waals surface area contributed by atoms with Crippen LogP contribution in [0, 0.1) is 0 Å². The van der Waals surface area contributed by atoms with Gasteiger partial charge in [0.25, 0.3) is 0 Å². The van der Waals surface area contributed by atoms with Gasteiger partial charge in [-0.3, -0.25) is 0 Å². The highest BCUT2D eigenvalue weighted by molar-refractivity contribution is 5.50. The Morgan fingerprint density at radius 2 is 1.54 bits per heavy atom. The zero-order valence-corrected chi connectivity index (χ0v) is 8.83. The van der Waals surface area contributed by atoms with Gasteiger partial charge < -0.3 is 4.90 Å². The van der Waals surface area contributed by atoms with Gasteiger partial charge in [-0.2, -0.15) is 0 Å². The van der Waals surface area contributed by atoms with E-state index in [0.29, 0.717) is 0 Å². The van der Waals surface area contributed by atoms with Crippen LogP contribution in [0.15, 0.2) is 41.6 Å². The van der Waals surface area contributed by atoms with Crippen molar-refractivity contribution in [2.45, 2.75) is 20.8 Å². The first-order valence-electron chi connectivity index (χ1n) is 4.56. The Balaban J connectivity index is 2.93. The zero-order chi connectivity index (χ0) is 9.84. The van der Waals surface area contributed by atoms with Gasteiger partial charge in [0.15, 0.2) is 0 Å². The third-order valence-electron chi connectivity index (χ3n) is 2.37. The second kappa shape index (κ2) is 4.13. The lowest BCUT2D eigenvalue weighted by molar-refractivity contribution is 1.05. The maximum absolute atomic E-state index is 2.20. The average molecular weight is 175 g/mol. The van der Waals surface area contributed by atoms with Crippen molar-refractivity contribution in [2.75, 3.05) is 11.9 Å². The highest BCUT2D eigenvalue weighted by Crippen LogP contribution is 2.17. The van der Waals surface area contributed by atoms with Crippen molar-refractivity contribution in [2.24, 2.45) is 0 Å². The molecule has 0 N–H and O–H groups in total. The van der Waals surface area contributed by atoms with Crippen LogP contribution < -0.4 is 4.90 Å². The number of para-hydroxylation sites is 1. The minimum atomic E-state index is 1.24. The molecule has 0 atom stereocenters. The molecule has 1 heteroatoms. The summed E-state index contributed by atoms with van der Waals surface area (Å²) in [5.41, 5.74) is 3.90. The van der Waals surface area contributed by atoms with Crippen molar-refractivity contribution in [1.29, 1.82) is 0 Å². The van der Waals surface area contributed by atoms with Crippen LogP contribution in [-0.4, -0.2) is 7.05 Å². The van der Waals surface area contributed by atoms with Crippen LogP contribution in [0.2, 0.25) is 0 Å². The second-order valence-electron chi connectivity index (χ2n) is 3.48. The smallest absolute Gasteiger partial charge is 0.0405 e. The number of hydrogen-bond acceptors (Lipinski definition) is 1. The predicted octanol–water partition coefficient (Wildman–Crippen LogP) is 3.44. The van der Waals surface area contributed by atoms with E-state index in [4.69, 9.17) is 0 Å². The van der Waals surface area contributed by atoms with Crippen LogP contribution >= 0.6 is 0 Å². The summed E-state index contributed by atoms with van der Waals surface area (Å²) in [6.45, 7) is 6.41. The maximum atomic E-state index is 2.20. The molecule has 1 rings (SSSR count). The minimum absolute atomic E-state index is 1.24. The first-order chi connectivity index (χ1) is 6.13. The number of rotatable bonds is 2. The van der Waals surface area contributed by atoms with Crippen molar-refractivity contribution in [3.05, 3.63) is 41.6 Å². The molecule has 0 radical (unpaired) electrons. The molecule has 0 aliphatic rings. The van der Waals surface area contributed by atoms with Crippen LogP contribution in [-0.2, 0) is 0 Å². The molecule has 0 aliphatic carbocycles. The quantitative estimate of drug-likeness (QED) is 0.665. The molecule has 0 saturated heterocycles. The Morgan fingerprint density at radius 1 is 1.00 bits per heavy atom. The SMILES string of the molecule is CC(C)=C(C)N(C)c1ccccc1. The van der Waals surface area contributed by atoms with Crippen LogP contribution in [0.3, 0.4) is 0 Å². The molecule has 0 aromatic heterocycles. The molecule has 0 fully saturated rings. The number of anilines is 1. The molecule has 0 unspecified atom stereocenters. The Bertz CT molecular complexity index is 294. The fourth-order valence-corrected chi connectivity index (χ4v) is 1.18. The number of hydrogen-bond donors (Lipinski definition) is 0. The topological polar surface area (TPSA) is 3.24 Å². The van der Waals surface area contributed by atoms with E-state index >= 15 is 0 Å². The Kier molecular flexibility index (Phi) is 3.13. The van der Waals surface area contributed by atoms with E-state index in [1.54, 1.807) is 0 Å². The highest BCUT2D eigenvalue weighted by Gasteiger charge is 2.01. The number of nitrogens with zero attached hydrogens (tertiary/aromatic N) is 1. The van der Waals surface area contributed by atoms with E-state index in [0.717, 1.165) is 0 Å². The van der Waals surface area contributed by atoms with Gasteiger partial charge in [0, 0.05) is 18.4 Å². The molecule has 70 valence electrons. The molecule has 0 saturated carbocycles. The summed E-state index contributed by atoms with van der Waals surface area (Å²) in [5.74, 6) is 0. The van der Waals surface area contributed by atoms with Crippen molar-refractivity contribution in [3.63, 3.8) is 0 Å². The third kappa shape index (κ3) is 2.35. The summed E-state index contributed by atoms with van der Waals surface area (Å²) in [6, 6.07) is 10.4. The second-order valence-corrected chi connectivity index (χ2v) is 3.48. The molecule has 1 aromatic carbocycles. The summed E-state index contributed by atoms with van der Waals surface area (Å²) < 4.78 is 0. The van der Waals surface area contributed by atoms with E-state index in [-0.39, 0.29) is 0 Å². The van der Waals surface area contributed by atoms with E-state index in [2.05, 4.69) is 57.0 Å². The molecule has 0 heterocycles. The van der Waals surface area contributed by atoms with Crippen LogP contribution in [0.5, 0.6) is 0 Å². The monoisotopic (exact) mass is 175 g/mol. The van der Waals surface area contributed by atoms with Gasteiger partial charge in [0.1, 0.15) is 0 Å². The van der Waals surface area contributed by atoms with Gasteiger partial charge in [0.05, 0.1) is 0 Å². The average Bonchev–Trinajstić information content (AvgIpc) is 2.17. The lowest BCUT2D eigenvalue weighted by Gasteiger charge is -2.21. The number of allylic oxidation sites excluding steroid dienone is 2. The lowest BCUT2D eigenvalue weighted by atomic mass is 10.2. The van der Waals surface area contributed by atoms with Gasteiger partial charge >= 0.3 is 0 Å². The van der Waals surface area contributed by atoms with Gasteiger partial charge in [-0.15, -0.1) is 0 Å². The number of benzene rings is 1. The summed E-state index contributed by atoms with van der Waals surface area (Å²) in [6.07, 6.45) is 0. The van der Waals surface area contributed by atoms with E-state index in [9.17, 15) is 0 Å². The van der Waals surface area contributed by atoms with Crippen LogP contribution in [0.1, 0.15) is 20.8 Å². The molecule has 0 aliphatic heterocycles. The van der Waals surface area contributed by atoms with E-state index in [1.165, 1.54) is 17.0 Å². The van der Waals surface area contributed by atoms with Crippen molar-refractivity contribution >= 4 is 5.69 Å². The fourth-order valence-electron chi connectivity index (χ4n) is 1.18. The normalized spacial score (nSPS) is 9.54. The Hall–Kier alpha value is -1.24. The zero-order valence-electron chi connectivity index (χ0n) is 8.83. The molecule has 0 amide bonds. The van der Waals surface area contributed by atoms with Crippen LogP contribution in [0.4, 0.5) is 5.69 Å². The Morgan fingerprint density at radius 3 is 2.00 bits per heavy atom. The maximum Gasteiger partial charge on any atom is 0.0405 e. The van der Waals surface area contributed by atoms with Gasteiger partial charge in [-0.25, -0.2) is 0 Å². The molecule has 0 spiro atoms. The summed E-state index contributed by atoms with van der Waals surface area (Å²) in [4.78, 5) is 2.20. The molecule has 13 heavy (non-hydrogen) atoms. The van der Waals surface area contributed by atoms with Gasteiger partial charge in [-0.05, 0) is 32.9 Å². The molecule has 1 nitrogen and oxygen atoms in total. The summed E-state index contributed by atoms with van der Waals surface area (Å²) in [5, 5.41) is 0. The van der Waals surface area contributed by atoms with Gasteiger partial charge in [-0.1, -0.05) is 23.8 Å². The van der Waals surface area contributed by atoms with Crippen molar-refractivity contribution in [1.82, 2.24) is 0 Å². The minimum Gasteiger partial charge on any atom is -0.349 e. The molecule has 0 bridgehead atoms. The van der Waals surface area contributed by atoms with Gasteiger partial charge in [0.2, 0.25) is 0 Å². The van der Waals surface area contributed by atoms with E-state index < -0.39 is 0 Å². The molecular weight excluding hydrogens is 158 g/mol. The summed E-state index contributed by atoms with van der Waals surface area (Å²) in [7, 11) is 2.09. The molecular formula is C12H17N. The highest BCUT2D eigenvalue weighted by atomic mass is 15.1. The summed E-state index contributed by atoms with van der Waals surface area (Å²) >= 11 is 0. The fraction of sp³-hybridized carbons (Fsp3) is 0.333. The third-order valence-corrected chi connectivity index (χ3v) is 2.37. The predicted molar refractivity (Wildman–Crippen MR) is 58.9 cm³/mol. The van der Waals surface area contributed by atoms with E-state index in [1.807, 2.05) is 6.07 Å². The largest absolute Gasteiger partial charge is 0.349 e. The van der Waals surface area contributed by atoms with Crippen molar-refractivity contribution < 1.29 is 0 Å². The first kappa shape index (κ1) is 9.85. The van der Waals surface area contributed by atoms with Crippen LogP contribution in [0.25, 0.3) is 0 Å². The molecule has 1 aromatic rings. The lowest BCUT2D eigenvalue weighted by Crippen LogP contribution is -2.14.